The molecular formula is C15H18FN3O2. The van der Waals surface area contributed by atoms with E-state index in [9.17, 15) is 9.18 Å². The maximum Gasteiger partial charge on any atom is 0.251 e. The summed E-state index contributed by atoms with van der Waals surface area (Å²) in [7, 11) is 0. The van der Waals surface area contributed by atoms with Gasteiger partial charge in [-0.1, -0.05) is 32.0 Å². The Morgan fingerprint density at radius 3 is 2.76 bits per heavy atom. The van der Waals surface area contributed by atoms with E-state index in [-0.39, 0.29) is 11.3 Å². The number of nitrogens with one attached hydrogen (secondary N) is 1. The summed E-state index contributed by atoms with van der Waals surface area (Å²) in [5, 5.41) is 6.56. The average Bonchev–Trinajstić information content (AvgIpc) is 2.87. The number of nitrogens with zero attached hydrogens (tertiary/aromatic N) is 2. The van der Waals surface area contributed by atoms with E-state index >= 15 is 0 Å². The van der Waals surface area contributed by atoms with Crippen LogP contribution >= 0.6 is 0 Å². The number of carbonyl (C=O) groups excluding carboxylic acids is 1. The highest BCUT2D eigenvalue weighted by molar-refractivity contribution is 5.94. The number of halogens is 1. The zero-order valence-electron chi connectivity index (χ0n) is 12.3. The lowest BCUT2D eigenvalue weighted by atomic mass is 9.97. The Kier molecular flexibility index (Phi) is 4.35. The van der Waals surface area contributed by atoms with Crippen LogP contribution in [-0.2, 0) is 11.8 Å². The van der Waals surface area contributed by atoms with Gasteiger partial charge in [0.2, 0.25) is 5.89 Å². The van der Waals surface area contributed by atoms with Crippen LogP contribution in [0.2, 0.25) is 0 Å². The van der Waals surface area contributed by atoms with Gasteiger partial charge < -0.3 is 9.84 Å². The SMILES string of the molecule is CC(C)(C)c1nc(CCNC(=O)c2cccc(F)c2)no1. The van der Waals surface area contributed by atoms with E-state index in [1.54, 1.807) is 6.07 Å². The molecule has 0 unspecified atom stereocenters. The van der Waals surface area contributed by atoms with Gasteiger partial charge in [-0.05, 0) is 18.2 Å². The van der Waals surface area contributed by atoms with Crippen LogP contribution in [0.1, 0.15) is 42.8 Å². The smallest absolute Gasteiger partial charge is 0.251 e. The Morgan fingerprint density at radius 1 is 1.38 bits per heavy atom. The van der Waals surface area contributed by atoms with Gasteiger partial charge >= 0.3 is 0 Å². The molecule has 21 heavy (non-hydrogen) atoms. The molecule has 6 heteroatoms. The molecule has 0 spiro atoms. The summed E-state index contributed by atoms with van der Waals surface area (Å²) in [6, 6.07) is 5.55. The number of aromatic nitrogens is 2. The molecule has 112 valence electrons. The number of amides is 1. The van der Waals surface area contributed by atoms with Crippen LogP contribution in [0.15, 0.2) is 28.8 Å². The molecule has 1 aromatic carbocycles. The van der Waals surface area contributed by atoms with Crippen molar-refractivity contribution in [3.05, 3.63) is 47.4 Å². The summed E-state index contributed by atoms with van der Waals surface area (Å²) in [6.07, 6.45) is 0.459. The van der Waals surface area contributed by atoms with Gasteiger partial charge in [0.05, 0.1) is 0 Å². The lowest BCUT2D eigenvalue weighted by Gasteiger charge is -2.10. The van der Waals surface area contributed by atoms with Crippen molar-refractivity contribution < 1.29 is 13.7 Å². The Morgan fingerprint density at radius 2 is 2.14 bits per heavy atom. The standard InChI is InChI=1S/C15H18FN3O2/c1-15(2,3)14-18-12(19-21-14)7-8-17-13(20)10-5-4-6-11(16)9-10/h4-6,9H,7-8H2,1-3H3,(H,17,20). The Bertz CT molecular complexity index is 632. The summed E-state index contributed by atoms with van der Waals surface area (Å²) in [5.74, 6) is 0.345. The lowest BCUT2D eigenvalue weighted by molar-refractivity contribution is 0.0953. The minimum atomic E-state index is -0.435. The molecule has 0 aliphatic heterocycles. The second kappa shape index (κ2) is 6.03. The Labute approximate surface area is 122 Å². The molecule has 0 aliphatic rings. The van der Waals surface area contributed by atoms with Gasteiger partial charge in [-0.15, -0.1) is 0 Å². The second-order valence-corrected chi connectivity index (χ2v) is 5.78. The summed E-state index contributed by atoms with van der Waals surface area (Å²) < 4.78 is 18.2. The van der Waals surface area contributed by atoms with Crippen molar-refractivity contribution in [2.24, 2.45) is 0 Å². The minimum absolute atomic E-state index is 0.198. The number of hydrogen-bond acceptors (Lipinski definition) is 4. The molecule has 1 aromatic heterocycles. The number of carbonyl (C=O) groups is 1. The Hall–Kier alpha value is -2.24. The predicted molar refractivity (Wildman–Crippen MR) is 75.4 cm³/mol. The van der Waals surface area contributed by atoms with Crippen LogP contribution < -0.4 is 5.32 Å². The number of hydrogen-bond donors (Lipinski definition) is 1. The summed E-state index contributed by atoms with van der Waals surface area (Å²) in [6.45, 7) is 6.31. The molecule has 1 amide bonds. The van der Waals surface area contributed by atoms with E-state index in [1.165, 1.54) is 18.2 Å². The second-order valence-electron chi connectivity index (χ2n) is 5.78. The zero-order chi connectivity index (χ0) is 15.5. The quantitative estimate of drug-likeness (QED) is 0.939. The van der Waals surface area contributed by atoms with Gasteiger partial charge in [-0.25, -0.2) is 4.39 Å². The van der Waals surface area contributed by atoms with Crippen LogP contribution in [0.4, 0.5) is 4.39 Å². The van der Waals surface area contributed by atoms with E-state index in [4.69, 9.17) is 4.52 Å². The monoisotopic (exact) mass is 291 g/mol. The third-order valence-electron chi connectivity index (χ3n) is 2.83. The first-order valence-electron chi connectivity index (χ1n) is 6.73. The van der Waals surface area contributed by atoms with Crippen LogP contribution in [0, 0.1) is 5.82 Å². The van der Waals surface area contributed by atoms with Crippen molar-refractivity contribution in [3.8, 4) is 0 Å². The first-order valence-corrected chi connectivity index (χ1v) is 6.73. The fourth-order valence-corrected chi connectivity index (χ4v) is 1.68. The Balaban J connectivity index is 1.87. The third-order valence-corrected chi connectivity index (χ3v) is 2.83. The maximum absolute atomic E-state index is 13.0. The molecule has 0 saturated carbocycles. The van der Waals surface area contributed by atoms with Gasteiger partial charge in [0, 0.05) is 23.9 Å². The van der Waals surface area contributed by atoms with Gasteiger partial charge in [0.25, 0.3) is 5.91 Å². The molecule has 0 bridgehead atoms. The fourth-order valence-electron chi connectivity index (χ4n) is 1.68. The molecule has 0 aliphatic carbocycles. The molecule has 0 radical (unpaired) electrons. The first-order chi connectivity index (χ1) is 9.86. The van der Waals surface area contributed by atoms with Crippen molar-refractivity contribution in [3.63, 3.8) is 0 Å². The van der Waals surface area contributed by atoms with Crippen LogP contribution in [-0.4, -0.2) is 22.6 Å². The molecule has 5 nitrogen and oxygen atoms in total. The number of benzene rings is 1. The average molecular weight is 291 g/mol. The van der Waals surface area contributed by atoms with Crippen molar-refractivity contribution in [2.75, 3.05) is 6.54 Å². The molecule has 0 saturated heterocycles. The van der Waals surface area contributed by atoms with E-state index in [2.05, 4.69) is 15.5 Å². The molecule has 0 atom stereocenters. The van der Waals surface area contributed by atoms with Gasteiger partial charge in [0.15, 0.2) is 5.82 Å². The maximum atomic E-state index is 13.0. The van der Waals surface area contributed by atoms with Gasteiger partial charge in [-0.3, -0.25) is 4.79 Å². The van der Waals surface area contributed by atoms with Crippen molar-refractivity contribution in [1.29, 1.82) is 0 Å². The van der Waals surface area contributed by atoms with E-state index in [0.29, 0.717) is 30.2 Å². The molecular weight excluding hydrogens is 273 g/mol. The molecule has 2 aromatic rings. The summed E-state index contributed by atoms with van der Waals surface area (Å²) >= 11 is 0. The largest absolute Gasteiger partial charge is 0.352 e. The first kappa shape index (κ1) is 15.2. The molecule has 2 rings (SSSR count). The van der Waals surface area contributed by atoms with Crippen molar-refractivity contribution in [2.45, 2.75) is 32.6 Å². The fraction of sp³-hybridized carbons (Fsp3) is 0.400. The molecule has 0 fully saturated rings. The van der Waals surface area contributed by atoms with Crippen LogP contribution in [0.25, 0.3) is 0 Å². The van der Waals surface area contributed by atoms with Crippen molar-refractivity contribution >= 4 is 5.91 Å². The highest BCUT2D eigenvalue weighted by Gasteiger charge is 2.21. The van der Waals surface area contributed by atoms with Crippen LogP contribution in [0.3, 0.4) is 0 Å². The van der Waals surface area contributed by atoms with E-state index in [1.807, 2.05) is 20.8 Å². The minimum Gasteiger partial charge on any atom is -0.352 e. The lowest BCUT2D eigenvalue weighted by Crippen LogP contribution is -2.26. The zero-order valence-corrected chi connectivity index (χ0v) is 12.3. The third kappa shape index (κ3) is 4.11. The van der Waals surface area contributed by atoms with E-state index < -0.39 is 5.82 Å². The molecule has 1 heterocycles. The number of rotatable bonds is 4. The predicted octanol–water partition coefficient (Wildman–Crippen LogP) is 2.48. The van der Waals surface area contributed by atoms with Gasteiger partial charge in [-0.2, -0.15) is 4.98 Å². The topological polar surface area (TPSA) is 68.0 Å². The summed E-state index contributed by atoms with van der Waals surface area (Å²) in [5.41, 5.74) is 0.0919. The summed E-state index contributed by atoms with van der Waals surface area (Å²) in [4.78, 5) is 16.1. The van der Waals surface area contributed by atoms with Gasteiger partial charge in [0.1, 0.15) is 5.82 Å². The van der Waals surface area contributed by atoms with Crippen molar-refractivity contribution in [1.82, 2.24) is 15.5 Å². The van der Waals surface area contributed by atoms with Crippen LogP contribution in [0.5, 0.6) is 0 Å². The highest BCUT2D eigenvalue weighted by atomic mass is 19.1. The normalized spacial score (nSPS) is 11.4. The highest BCUT2D eigenvalue weighted by Crippen LogP contribution is 2.19. The van der Waals surface area contributed by atoms with E-state index in [0.717, 1.165) is 0 Å². The molecule has 1 N–H and O–H groups in total.